The summed E-state index contributed by atoms with van der Waals surface area (Å²) in [6.07, 6.45) is 3.60. The maximum absolute atomic E-state index is 5.79. The van der Waals surface area contributed by atoms with Crippen molar-refractivity contribution in [2.24, 2.45) is 0 Å². The first-order valence-corrected chi connectivity index (χ1v) is 8.58. The summed E-state index contributed by atoms with van der Waals surface area (Å²) in [5.74, 6) is 1.84. The van der Waals surface area contributed by atoms with Crippen LogP contribution in [0.2, 0.25) is 0 Å². The topological polar surface area (TPSA) is 32.1 Å². The van der Waals surface area contributed by atoms with Crippen LogP contribution in [0.3, 0.4) is 0 Å². The predicted molar refractivity (Wildman–Crippen MR) is 87.9 cm³/mol. The summed E-state index contributed by atoms with van der Waals surface area (Å²) in [6.45, 7) is 10.4. The van der Waals surface area contributed by atoms with E-state index in [-0.39, 0.29) is 6.10 Å². The van der Waals surface area contributed by atoms with Crippen LogP contribution in [-0.4, -0.2) is 45.6 Å². The lowest BCUT2D eigenvalue weighted by molar-refractivity contribution is -0.908. The number of ether oxygens (including phenoxy) is 3. The van der Waals surface area contributed by atoms with Crippen LogP contribution in [0.4, 0.5) is 0 Å². The van der Waals surface area contributed by atoms with Crippen LogP contribution in [0.25, 0.3) is 0 Å². The van der Waals surface area contributed by atoms with Crippen molar-refractivity contribution < 1.29 is 19.1 Å². The Bertz CT molecular complexity index is 401. The number of morpholine rings is 1. The number of quaternary nitrogens is 1. The smallest absolute Gasteiger partial charge is 0.119 e. The first-order valence-electron chi connectivity index (χ1n) is 8.58. The molecule has 4 nitrogen and oxygen atoms in total. The first kappa shape index (κ1) is 17.1. The van der Waals surface area contributed by atoms with Gasteiger partial charge in [-0.2, -0.15) is 0 Å². The number of benzene rings is 1. The van der Waals surface area contributed by atoms with Crippen molar-refractivity contribution >= 4 is 0 Å². The lowest BCUT2D eigenvalue weighted by Crippen LogP contribution is -3.14. The molecule has 2 rings (SSSR count). The van der Waals surface area contributed by atoms with Gasteiger partial charge in [-0.15, -0.1) is 0 Å². The van der Waals surface area contributed by atoms with Gasteiger partial charge >= 0.3 is 0 Å². The number of unbranched alkanes of at least 4 members (excludes halogenated alkanes) is 1. The Labute approximate surface area is 134 Å². The Hall–Kier alpha value is -1.26. The molecule has 1 saturated heterocycles. The average Bonchev–Trinajstić information content (AvgIpc) is 2.57. The minimum atomic E-state index is 0.259. The van der Waals surface area contributed by atoms with Crippen LogP contribution >= 0.6 is 0 Å². The van der Waals surface area contributed by atoms with Crippen molar-refractivity contribution in [3.63, 3.8) is 0 Å². The Morgan fingerprint density at radius 1 is 1.09 bits per heavy atom. The Balaban J connectivity index is 1.58. The highest BCUT2D eigenvalue weighted by molar-refractivity contribution is 5.31. The molecule has 22 heavy (non-hydrogen) atoms. The Kier molecular flexibility index (Phi) is 7.54. The third-order valence-corrected chi connectivity index (χ3v) is 4.13. The van der Waals surface area contributed by atoms with E-state index >= 15 is 0 Å². The van der Waals surface area contributed by atoms with Crippen LogP contribution in [-0.2, 0) is 4.74 Å². The van der Waals surface area contributed by atoms with Crippen molar-refractivity contribution in [3.8, 4) is 11.5 Å². The zero-order valence-electron chi connectivity index (χ0n) is 14.0. The van der Waals surface area contributed by atoms with Crippen molar-refractivity contribution in [2.45, 2.75) is 39.2 Å². The fourth-order valence-electron chi connectivity index (χ4n) is 2.51. The highest BCUT2D eigenvalue weighted by Crippen LogP contribution is 2.19. The fraction of sp³-hybridized carbons (Fsp3) is 0.667. The molecule has 1 fully saturated rings. The average molecular weight is 308 g/mol. The molecule has 1 heterocycles. The van der Waals surface area contributed by atoms with E-state index in [0.29, 0.717) is 0 Å². The summed E-state index contributed by atoms with van der Waals surface area (Å²) >= 11 is 0. The molecule has 0 bridgehead atoms. The standard InChI is InChI=1S/C18H29NO3/c1-3-16(2)22-18-8-6-17(7-9-18)21-13-5-4-10-19-11-14-20-15-12-19/h6-9,16H,3-5,10-15H2,1-2H3/p+1/t16-/m0/s1. The molecule has 124 valence electrons. The summed E-state index contributed by atoms with van der Waals surface area (Å²) in [6, 6.07) is 7.95. The van der Waals surface area contributed by atoms with Crippen molar-refractivity contribution in [1.82, 2.24) is 0 Å². The van der Waals surface area contributed by atoms with Gasteiger partial charge in [0.25, 0.3) is 0 Å². The lowest BCUT2D eigenvalue weighted by atomic mass is 10.3. The maximum Gasteiger partial charge on any atom is 0.119 e. The van der Waals surface area contributed by atoms with E-state index in [1.807, 2.05) is 24.3 Å². The molecule has 0 amide bonds. The molecule has 1 aliphatic rings. The maximum atomic E-state index is 5.79. The van der Waals surface area contributed by atoms with E-state index in [4.69, 9.17) is 14.2 Å². The van der Waals surface area contributed by atoms with Gasteiger partial charge in [0.1, 0.15) is 24.6 Å². The molecular formula is C18H30NO3+. The molecule has 0 aliphatic carbocycles. The Morgan fingerprint density at radius 2 is 1.77 bits per heavy atom. The second-order valence-corrected chi connectivity index (χ2v) is 5.98. The van der Waals surface area contributed by atoms with E-state index in [9.17, 15) is 0 Å². The molecule has 4 heteroatoms. The van der Waals surface area contributed by atoms with Gasteiger partial charge in [0, 0.05) is 0 Å². The first-order chi connectivity index (χ1) is 10.8. The number of nitrogens with one attached hydrogen (secondary N) is 1. The Morgan fingerprint density at radius 3 is 2.45 bits per heavy atom. The van der Waals surface area contributed by atoms with Crippen molar-refractivity contribution in [2.75, 3.05) is 39.5 Å². The minimum absolute atomic E-state index is 0.259. The van der Waals surface area contributed by atoms with Crippen LogP contribution in [0.1, 0.15) is 33.1 Å². The van der Waals surface area contributed by atoms with E-state index in [1.54, 1.807) is 4.90 Å². The van der Waals surface area contributed by atoms with Gasteiger partial charge in [-0.3, -0.25) is 0 Å². The van der Waals surface area contributed by atoms with Crippen LogP contribution < -0.4 is 14.4 Å². The molecule has 1 aliphatic heterocycles. The molecule has 0 spiro atoms. The van der Waals surface area contributed by atoms with E-state index < -0.39 is 0 Å². The van der Waals surface area contributed by atoms with E-state index in [0.717, 1.165) is 57.3 Å². The van der Waals surface area contributed by atoms with Gasteiger partial charge in [-0.1, -0.05) is 6.92 Å². The summed E-state index contributed by atoms with van der Waals surface area (Å²) in [7, 11) is 0. The molecule has 1 aromatic carbocycles. The second-order valence-electron chi connectivity index (χ2n) is 5.98. The zero-order chi connectivity index (χ0) is 15.6. The van der Waals surface area contributed by atoms with Crippen molar-refractivity contribution in [3.05, 3.63) is 24.3 Å². The summed E-state index contributed by atoms with van der Waals surface area (Å²) in [5.41, 5.74) is 0. The highest BCUT2D eigenvalue weighted by Gasteiger charge is 2.12. The van der Waals surface area contributed by atoms with Gasteiger partial charge in [-0.25, -0.2) is 0 Å². The van der Waals surface area contributed by atoms with Gasteiger partial charge < -0.3 is 19.1 Å². The zero-order valence-corrected chi connectivity index (χ0v) is 14.0. The molecule has 0 unspecified atom stereocenters. The molecule has 0 aromatic heterocycles. The molecule has 0 saturated carbocycles. The highest BCUT2D eigenvalue weighted by atomic mass is 16.5. The van der Waals surface area contributed by atoms with Crippen LogP contribution in [0.5, 0.6) is 11.5 Å². The molecule has 1 atom stereocenters. The van der Waals surface area contributed by atoms with Crippen molar-refractivity contribution in [1.29, 1.82) is 0 Å². The second kappa shape index (κ2) is 9.70. The number of hydrogen-bond donors (Lipinski definition) is 1. The van der Waals surface area contributed by atoms with Gasteiger partial charge in [0.05, 0.1) is 32.5 Å². The summed E-state index contributed by atoms with van der Waals surface area (Å²) in [4.78, 5) is 1.66. The normalized spacial score (nSPS) is 17.2. The van der Waals surface area contributed by atoms with Gasteiger partial charge in [0.15, 0.2) is 0 Å². The third-order valence-electron chi connectivity index (χ3n) is 4.13. The van der Waals surface area contributed by atoms with E-state index in [1.165, 1.54) is 13.0 Å². The molecule has 1 N–H and O–H groups in total. The summed E-state index contributed by atoms with van der Waals surface area (Å²) < 4.78 is 16.9. The SMILES string of the molecule is CC[C@H](C)Oc1ccc(OCCCC[NH+]2CCOCC2)cc1. The number of rotatable bonds is 9. The quantitative estimate of drug-likeness (QED) is 0.708. The fourth-order valence-corrected chi connectivity index (χ4v) is 2.51. The van der Waals surface area contributed by atoms with Gasteiger partial charge in [-0.05, 0) is 50.5 Å². The lowest BCUT2D eigenvalue weighted by Gasteiger charge is -2.23. The third kappa shape index (κ3) is 6.24. The molecule has 0 radical (unpaired) electrons. The number of hydrogen-bond acceptors (Lipinski definition) is 3. The van der Waals surface area contributed by atoms with Crippen LogP contribution in [0.15, 0.2) is 24.3 Å². The van der Waals surface area contributed by atoms with Crippen LogP contribution in [0, 0.1) is 0 Å². The predicted octanol–water partition coefficient (Wildman–Crippen LogP) is 1.94. The van der Waals surface area contributed by atoms with Gasteiger partial charge in [0.2, 0.25) is 0 Å². The largest absolute Gasteiger partial charge is 0.494 e. The minimum Gasteiger partial charge on any atom is -0.494 e. The molecular weight excluding hydrogens is 278 g/mol. The molecule has 1 aromatic rings. The monoisotopic (exact) mass is 308 g/mol. The summed E-state index contributed by atoms with van der Waals surface area (Å²) in [5, 5.41) is 0. The van der Waals surface area contributed by atoms with E-state index in [2.05, 4.69) is 13.8 Å².